The fraction of sp³-hybridized carbons (Fsp3) is 0.800. The van der Waals surface area contributed by atoms with Crippen molar-refractivity contribution in [2.45, 2.75) is 6.04 Å². The topological polar surface area (TPSA) is 104 Å². The van der Waals surface area contributed by atoms with E-state index in [1.165, 1.54) is 0 Å². The van der Waals surface area contributed by atoms with Gasteiger partial charge in [-0.2, -0.15) is 0 Å². The van der Waals surface area contributed by atoms with Gasteiger partial charge in [0.25, 0.3) is 0 Å². The number of carboxylic acids is 1. The Bertz CT molecular complexity index is 112. The Hall–Kier alpha value is -0.650. The Morgan fingerprint density at radius 2 is 1.80 bits per heavy atom. The van der Waals surface area contributed by atoms with E-state index in [2.05, 4.69) is 0 Å². The van der Waals surface area contributed by atoms with Gasteiger partial charge in [0, 0.05) is 5.92 Å². The first-order valence-corrected chi connectivity index (χ1v) is 2.83. The molecular weight excluding hydrogens is 138 g/mol. The molecule has 0 aliphatic rings. The van der Waals surface area contributed by atoms with Crippen LogP contribution >= 0.6 is 0 Å². The molecule has 0 fully saturated rings. The normalized spacial score (nSPS) is 13.6. The lowest BCUT2D eigenvalue weighted by Gasteiger charge is -2.14. The van der Waals surface area contributed by atoms with Crippen molar-refractivity contribution < 1.29 is 20.1 Å². The van der Waals surface area contributed by atoms with E-state index in [1.807, 2.05) is 0 Å². The molecule has 0 saturated heterocycles. The molecule has 0 bridgehead atoms. The standard InChI is InChI=1S/C5H11NO4/c6-4(5(9)10)3(1-7)2-8/h3-4,7-8H,1-2,6H2,(H,9,10)/t4-/m1/s1. The number of aliphatic hydroxyl groups excluding tert-OH is 2. The molecule has 10 heavy (non-hydrogen) atoms. The minimum Gasteiger partial charge on any atom is -0.480 e. The Kier molecular flexibility index (Phi) is 3.94. The number of aliphatic hydroxyl groups is 2. The zero-order chi connectivity index (χ0) is 8.15. The smallest absolute Gasteiger partial charge is 0.320 e. The average Bonchev–Trinajstić information content (AvgIpc) is 1.90. The van der Waals surface area contributed by atoms with Crippen molar-refractivity contribution in [3.8, 4) is 0 Å². The minimum atomic E-state index is -1.21. The molecule has 0 aliphatic heterocycles. The van der Waals surface area contributed by atoms with Crippen LogP contribution in [0.25, 0.3) is 0 Å². The van der Waals surface area contributed by atoms with Gasteiger partial charge in [-0.15, -0.1) is 0 Å². The fourth-order valence-electron chi connectivity index (χ4n) is 0.486. The van der Waals surface area contributed by atoms with E-state index in [1.54, 1.807) is 0 Å². The number of rotatable bonds is 4. The summed E-state index contributed by atoms with van der Waals surface area (Å²) in [5.74, 6) is -1.98. The molecule has 0 heterocycles. The zero-order valence-corrected chi connectivity index (χ0v) is 5.40. The maximum absolute atomic E-state index is 10.1. The molecule has 0 aromatic heterocycles. The van der Waals surface area contributed by atoms with Gasteiger partial charge in [0.15, 0.2) is 0 Å². The molecule has 0 radical (unpaired) electrons. The van der Waals surface area contributed by atoms with Crippen molar-refractivity contribution >= 4 is 5.97 Å². The van der Waals surface area contributed by atoms with E-state index in [9.17, 15) is 4.79 Å². The van der Waals surface area contributed by atoms with Crippen molar-refractivity contribution in [3.05, 3.63) is 0 Å². The minimum absolute atomic E-state index is 0.413. The number of hydrogen-bond acceptors (Lipinski definition) is 4. The van der Waals surface area contributed by atoms with Gasteiger partial charge >= 0.3 is 5.97 Å². The summed E-state index contributed by atoms with van der Waals surface area (Å²) in [5, 5.41) is 25.2. The van der Waals surface area contributed by atoms with Gasteiger partial charge in [0.2, 0.25) is 0 Å². The summed E-state index contributed by atoms with van der Waals surface area (Å²) >= 11 is 0. The van der Waals surface area contributed by atoms with E-state index in [0.29, 0.717) is 0 Å². The maximum atomic E-state index is 10.1. The number of carbonyl (C=O) groups is 1. The summed E-state index contributed by atoms with van der Waals surface area (Å²) in [6, 6.07) is -1.19. The number of nitrogens with two attached hydrogens (primary N) is 1. The molecule has 5 nitrogen and oxygen atoms in total. The van der Waals surface area contributed by atoms with E-state index in [0.717, 1.165) is 0 Å². The van der Waals surface area contributed by atoms with Gasteiger partial charge in [-0.05, 0) is 0 Å². The molecule has 0 aliphatic carbocycles. The second-order valence-electron chi connectivity index (χ2n) is 1.99. The van der Waals surface area contributed by atoms with Crippen LogP contribution in [-0.2, 0) is 4.79 Å². The predicted octanol–water partition coefficient (Wildman–Crippen LogP) is -2.00. The van der Waals surface area contributed by atoms with Gasteiger partial charge < -0.3 is 21.1 Å². The second kappa shape index (κ2) is 4.21. The number of hydrogen-bond donors (Lipinski definition) is 4. The first-order chi connectivity index (χ1) is 4.63. The summed E-state index contributed by atoms with van der Waals surface area (Å²) in [4.78, 5) is 10.1. The van der Waals surface area contributed by atoms with Crippen molar-refractivity contribution in [2.24, 2.45) is 11.7 Å². The molecule has 0 amide bonds. The van der Waals surface area contributed by atoms with E-state index >= 15 is 0 Å². The van der Waals surface area contributed by atoms with Crippen LogP contribution in [0.2, 0.25) is 0 Å². The van der Waals surface area contributed by atoms with Gasteiger partial charge in [0.1, 0.15) is 6.04 Å². The molecule has 60 valence electrons. The van der Waals surface area contributed by atoms with E-state index < -0.39 is 31.1 Å². The SMILES string of the molecule is N[C@@H](C(=O)O)C(CO)CO. The molecule has 0 rings (SSSR count). The monoisotopic (exact) mass is 149 g/mol. The highest BCUT2D eigenvalue weighted by Gasteiger charge is 2.22. The van der Waals surface area contributed by atoms with Crippen LogP contribution in [0.4, 0.5) is 0 Å². The Morgan fingerprint density at radius 3 is 1.90 bits per heavy atom. The Labute approximate surface area is 58.1 Å². The van der Waals surface area contributed by atoms with Crippen LogP contribution < -0.4 is 5.73 Å². The van der Waals surface area contributed by atoms with Gasteiger partial charge in [-0.25, -0.2) is 0 Å². The van der Waals surface area contributed by atoms with Crippen LogP contribution in [0, 0.1) is 5.92 Å². The van der Waals surface area contributed by atoms with Gasteiger partial charge in [0.05, 0.1) is 13.2 Å². The molecule has 0 aromatic carbocycles. The Balaban J connectivity index is 3.88. The lowest BCUT2D eigenvalue weighted by Crippen LogP contribution is -2.41. The summed E-state index contributed by atoms with van der Waals surface area (Å²) < 4.78 is 0. The maximum Gasteiger partial charge on any atom is 0.320 e. The molecular formula is C5H11NO4. The average molecular weight is 149 g/mol. The summed E-state index contributed by atoms with van der Waals surface area (Å²) in [6.07, 6.45) is 0. The fourth-order valence-corrected chi connectivity index (χ4v) is 0.486. The number of aliphatic carboxylic acids is 1. The Morgan fingerprint density at radius 1 is 1.40 bits per heavy atom. The van der Waals surface area contributed by atoms with Crippen LogP contribution in [-0.4, -0.2) is 40.5 Å². The van der Waals surface area contributed by atoms with Crippen LogP contribution in [0.1, 0.15) is 0 Å². The summed E-state index contributed by atoms with van der Waals surface area (Å²) in [5.41, 5.74) is 5.06. The zero-order valence-electron chi connectivity index (χ0n) is 5.40. The summed E-state index contributed by atoms with van der Waals surface area (Å²) in [6.45, 7) is -0.825. The van der Waals surface area contributed by atoms with E-state index in [-0.39, 0.29) is 0 Å². The van der Waals surface area contributed by atoms with Crippen LogP contribution in [0.3, 0.4) is 0 Å². The van der Waals surface area contributed by atoms with Crippen molar-refractivity contribution in [1.82, 2.24) is 0 Å². The largest absolute Gasteiger partial charge is 0.480 e. The van der Waals surface area contributed by atoms with Crippen LogP contribution in [0.5, 0.6) is 0 Å². The third-order valence-corrected chi connectivity index (χ3v) is 1.26. The first kappa shape index (κ1) is 9.35. The molecule has 0 unspecified atom stereocenters. The highest BCUT2D eigenvalue weighted by Crippen LogP contribution is 1.98. The third-order valence-electron chi connectivity index (χ3n) is 1.26. The lowest BCUT2D eigenvalue weighted by atomic mass is 10.0. The van der Waals surface area contributed by atoms with Crippen molar-refractivity contribution in [3.63, 3.8) is 0 Å². The highest BCUT2D eigenvalue weighted by atomic mass is 16.4. The van der Waals surface area contributed by atoms with Gasteiger partial charge in [-0.1, -0.05) is 0 Å². The lowest BCUT2D eigenvalue weighted by molar-refractivity contribution is -0.140. The second-order valence-corrected chi connectivity index (χ2v) is 1.99. The molecule has 5 heteroatoms. The molecule has 0 aromatic rings. The predicted molar refractivity (Wildman–Crippen MR) is 33.3 cm³/mol. The molecule has 1 atom stereocenters. The molecule has 0 spiro atoms. The first-order valence-electron chi connectivity index (χ1n) is 2.83. The van der Waals surface area contributed by atoms with E-state index in [4.69, 9.17) is 21.1 Å². The third kappa shape index (κ3) is 2.30. The van der Waals surface area contributed by atoms with Crippen LogP contribution in [0.15, 0.2) is 0 Å². The van der Waals surface area contributed by atoms with Gasteiger partial charge in [-0.3, -0.25) is 4.79 Å². The quantitative estimate of drug-likeness (QED) is 0.370. The van der Waals surface area contributed by atoms with Crippen molar-refractivity contribution in [1.29, 1.82) is 0 Å². The number of carboxylic acid groups (broad SMARTS) is 1. The summed E-state index contributed by atoms with van der Waals surface area (Å²) in [7, 11) is 0. The molecule has 0 saturated carbocycles. The highest BCUT2D eigenvalue weighted by molar-refractivity contribution is 5.73. The molecule has 5 N–H and O–H groups in total. The van der Waals surface area contributed by atoms with Crippen molar-refractivity contribution in [2.75, 3.05) is 13.2 Å².